The first kappa shape index (κ1) is 14.2. The van der Waals surface area contributed by atoms with Gasteiger partial charge in [-0.25, -0.2) is 4.79 Å². The van der Waals surface area contributed by atoms with E-state index in [0.29, 0.717) is 17.2 Å². The van der Waals surface area contributed by atoms with Crippen molar-refractivity contribution in [3.63, 3.8) is 0 Å². The summed E-state index contributed by atoms with van der Waals surface area (Å²) in [4.78, 5) is 11.7. The molecule has 1 aromatic carbocycles. The first-order chi connectivity index (χ1) is 8.85. The van der Waals surface area contributed by atoms with E-state index >= 15 is 0 Å². The summed E-state index contributed by atoms with van der Waals surface area (Å²) in [5, 5.41) is 3.48. The molecule has 1 aliphatic rings. The van der Waals surface area contributed by atoms with Gasteiger partial charge in [0.1, 0.15) is 0 Å². The van der Waals surface area contributed by atoms with Crippen molar-refractivity contribution in [3.8, 4) is 0 Å². The second kappa shape index (κ2) is 5.04. The molecule has 0 amide bonds. The maximum atomic E-state index is 11.7. The molecule has 0 unspecified atom stereocenters. The van der Waals surface area contributed by atoms with Crippen molar-refractivity contribution in [1.29, 1.82) is 0 Å². The van der Waals surface area contributed by atoms with E-state index < -0.39 is 5.97 Å². The van der Waals surface area contributed by atoms with Gasteiger partial charge in [0.25, 0.3) is 0 Å². The summed E-state index contributed by atoms with van der Waals surface area (Å²) in [6.45, 7) is 4.34. The lowest BCUT2D eigenvalue weighted by Gasteiger charge is -2.28. The topological polar surface area (TPSA) is 64.3 Å². The number of anilines is 2. The molecule has 1 aromatic rings. The van der Waals surface area contributed by atoms with E-state index in [1.54, 1.807) is 12.1 Å². The average molecular weight is 327 g/mol. The highest BCUT2D eigenvalue weighted by atomic mass is 79.9. The smallest absolute Gasteiger partial charge is 0.340 e. The lowest BCUT2D eigenvalue weighted by Crippen LogP contribution is -2.33. The van der Waals surface area contributed by atoms with Gasteiger partial charge in [0.2, 0.25) is 0 Å². The van der Waals surface area contributed by atoms with Gasteiger partial charge in [0.15, 0.2) is 0 Å². The van der Waals surface area contributed by atoms with Crippen LogP contribution in [0.2, 0.25) is 0 Å². The third-order valence-corrected chi connectivity index (χ3v) is 4.26. The molecule has 0 bridgehead atoms. The van der Waals surface area contributed by atoms with E-state index in [4.69, 9.17) is 10.5 Å². The quantitative estimate of drug-likeness (QED) is 0.657. The molecule has 1 saturated carbocycles. The summed E-state index contributed by atoms with van der Waals surface area (Å²) >= 11 is 3.48. The zero-order valence-electron chi connectivity index (χ0n) is 11.4. The van der Waals surface area contributed by atoms with Crippen LogP contribution in [0.15, 0.2) is 16.6 Å². The Labute approximate surface area is 121 Å². The van der Waals surface area contributed by atoms with Crippen LogP contribution in [0.3, 0.4) is 0 Å². The monoisotopic (exact) mass is 326 g/mol. The van der Waals surface area contributed by atoms with Crippen LogP contribution in [0.25, 0.3) is 0 Å². The Hall–Kier alpha value is -1.23. The highest BCUT2D eigenvalue weighted by Gasteiger charge is 2.38. The highest BCUT2D eigenvalue weighted by molar-refractivity contribution is 9.10. The maximum absolute atomic E-state index is 11.7. The molecule has 1 fully saturated rings. The van der Waals surface area contributed by atoms with Gasteiger partial charge in [-0.2, -0.15) is 0 Å². The van der Waals surface area contributed by atoms with Gasteiger partial charge in [-0.3, -0.25) is 0 Å². The van der Waals surface area contributed by atoms with E-state index in [1.807, 2.05) is 0 Å². The Morgan fingerprint density at radius 2 is 2.11 bits per heavy atom. The third-order valence-electron chi connectivity index (χ3n) is 3.60. The minimum Gasteiger partial charge on any atom is -0.465 e. The number of esters is 1. The zero-order chi connectivity index (χ0) is 14.2. The maximum Gasteiger partial charge on any atom is 0.340 e. The fourth-order valence-electron chi connectivity index (χ4n) is 2.23. The van der Waals surface area contributed by atoms with Crippen molar-refractivity contribution in [2.45, 2.75) is 32.2 Å². The standard InChI is InChI=1S/C14H19BrN2O2/c1-14(2,8-4-5-8)17-12-6-9(13(18)19-3)11(16)7-10(12)15/h6-8,17H,4-5,16H2,1-3H3. The van der Waals surface area contributed by atoms with Gasteiger partial charge in [0, 0.05) is 21.4 Å². The fourth-order valence-corrected chi connectivity index (χ4v) is 2.69. The van der Waals surface area contributed by atoms with Crippen molar-refractivity contribution in [2.24, 2.45) is 5.92 Å². The minimum absolute atomic E-state index is 0.00598. The number of methoxy groups -OCH3 is 1. The number of ether oxygens (including phenoxy) is 1. The lowest BCUT2D eigenvalue weighted by molar-refractivity contribution is 0.0602. The predicted octanol–water partition coefficient (Wildman–Crippen LogP) is 3.42. The van der Waals surface area contributed by atoms with Gasteiger partial charge in [-0.1, -0.05) is 0 Å². The third kappa shape index (κ3) is 3.03. The van der Waals surface area contributed by atoms with E-state index in [2.05, 4.69) is 35.1 Å². The Morgan fingerprint density at radius 3 is 2.63 bits per heavy atom. The van der Waals surface area contributed by atoms with Crippen LogP contribution in [-0.4, -0.2) is 18.6 Å². The number of nitrogens with two attached hydrogens (primary N) is 1. The second-order valence-electron chi connectivity index (χ2n) is 5.53. The molecule has 0 atom stereocenters. The zero-order valence-corrected chi connectivity index (χ0v) is 13.0. The Morgan fingerprint density at radius 1 is 1.47 bits per heavy atom. The molecule has 5 heteroatoms. The molecule has 1 aliphatic carbocycles. The molecule has 104 valence electrons. The van der Waals surface area contributed by atoms with Crippen LogP contribution >= 0.6 is 15.9 Å². The van der Waals surface area contributed by atoms with E-state index in [9.17, 15) is 4.79 Å². The highest BCUT2D eigenvalue weighted by Crippen LogP contribution is 2.42. The summed E-state index contributed by atoms with van der Waals surface area (Å²) < 4.78 is 5.59. The minimum atomic E-state index is -0.419. The Balaban J connectivity index is 2.32. The number of rotatable bonds is 4. The summed E-state index contributed by atoms with van der Waals surface area (Å²) in [7, 11) is 1.35. The van der Waals surface area contributed by atoms with Crippen LogP contribution in [0.5, 0.6) is 0 Å². The summed E-state index contributed by atoms with van der Waals surface area (Å²) in [6, 6.07) is 3.48. The molecular formula is C14H19BrN2O2. The first-order valence-corrected chi connectivity index (χ1v) is 7.10. The molecule has 0 radical (unpaired) electrons. The molecule has 3 N–H and O–H groups in total. The fraction of sp³-hybridized carbons (Fsp3) is 0.500. The van der Waals surface area contributed by atoms with Crippen LogP contribution in [0.4, 0.5) is 11.4 Å². The van der Waals surface area contributed by atoms with E-state index in [1.165, 1.54) is 20.0 Å². The summed E-state index contributed by atoms with van der Waals surface area (Å²) in [5.41, 5.74) is 7.52. The molecule has 2 rings (SSSR count). The van der Waals surface area contributed by atoms with Gasteiger partial charge < -0.3 is 15.8 Å². The van der Waals surface area contributed by atoms with Gasteiger partial charge in [-0.15, -0.1) is 0 Å². The van der Waals surface area contributed by atoms with Crippen LogP contribution in [0, 0.1) is 5.92 Å². The predicted molar refractivity (Wildman–Crippen MR) is 80.3 cm³/mol. The number of hydrogen-bond donors (Lipinski definition) is 2. The van der Waals surface area contributed by atoms with Crippen molar-refractivity contribution < 1.29 is 9.53 Å². The van der Waals surface area contributed by atoms with E-state index in [0.717, 1.165) is 10.2 Å². The molecule has 0 spiro atoms. The van der Waals surface area contributed by atoms with Gasteiger partial charge >= 0.3 is 5.97 Å². The van der Waals surface area contributed by atoms with Crippen molar-refractivity contribution in [2.75, 3.05) is 18.2 Å². The number of nitrogen functional groups attached to an aromatic ring is 1. The number of hydrogen-bond acceptors (Lipinski definition) is 4. The van der Waals surface area contributed by atoms with Crippen LogP contribution in [0.1, 0.15) is 37.0 Å². The normalized spacial score (nSPS) is 15.2. The molecule has 0 saturated heterocycles. The molecule has 4 nitrogen and oxygen atoms in total. The molecule has 0 aromatic heterocycles. The van der Waals surface area contributed by atoms with Crippen LogP contribution < -0.4 is 11.1 Å². The molecular weight excluding hydrogens is 308 g/mol. The van der Waals surface area contributed by atoms with Crippen molar-refractivity contribution >= 4 is 33.3 Å². The number of halogens is 1. The first-order valence-electron chi connectivity index (χ1n) is 6.30. The number of carbonyl (C=O) groups excluding carboxylic acids is 1. The van der Waals surface area contributed by atoms with Gasteiger partial charge in [-0.05, 0) is 60.7 Å². The van der Waals surface area contributed by atoms with Crippen molar-refractivity contribution in [3.05, 3.63) is 22.2 Å². The summed E-state index contributed by atoms with van der Waals surface area (Å²) in [5.74, 6) is 0.260. The Bertz CT molecular complexity index is 510. The number of benzene rings is 1. The van der Waals surface area contributed by atoms with Crippen molar-refractivity contribution in [1.82, 2.24) is 0 Å². The molecule has 0 heterocycles. The number of carbonyl (C=O) groups is 1. The van der Waals surface area contributed by atoms with E-state index in [-0.39, 0.29) is 5.54 Å². The van der Waals surface area contributed by atoms with Gasteiger partial charge in [0.05, 0.1) is 12.7 Å². The van der Waals surface area contributed by atoms with Crippen LogP contribution in [-0.2, 0) is 4.74 Å². The largest absolute Gasteiger partial charge is 0.465 e. The number of nitrogens with one attached hydrogen (secondary N) is 1. The second-order valence-corrected chi connectivity index (χ2v) is 6.39. The molecule has 0 aliphatic heterocycles. The SMILES string of the molecule is COC(=O)c1cc(NC(C)(C)C2CC2)c(Br)cc1N. The average Bonchev–Trinajstić information content (AvgIpc) is 3.16. The molecule has 19 heavy (non-hydrogen) atoms. The summed E-state index contributed by atoms with van der Waals surface area (Å²) in [6.07, 6.45) is 2.49. The Kier molecular flexibility index (Phi) is 3.76. The lowest BCUT2D eigenvalue weighted by atomic mass is 9.98.